The van der Waals surface area contributed by atoms with E-state index in [2.05, 4.69) is 5.32 Å². The summed E-state index contributed by atoms with van der Waals surface area (Å²) >= 11 is 0. The monoisotopic (exact) mass is 551 g/mol. The van der Waals surface area contributed by atoms with Crippen molar-refractivity contribution in [2.45, 2.75) is 56.9 Å². The number of carbonyl (C=O) groups is 1. The van der Waals surface area contributed by atoms with Crippen LogP contribution in [0.25, 0.3) is 0 Å². The van der Waals surface area contributed by atoms with Crippen molar-refractivity contribution in [2.75, 3.05) is 19.8 Å². The number of hydrogen-bond acceptors (Lipinski definition) is 8. The smallest absolute Gasteiger partial charge is 0.407 e. The molecule has 40 heavy (non-hydrogen) atoms. The van der Waals surface area contributed by atoms with Gasteiger partial charge in [-0.3, -0.25) is 0 Å². The highest BCUT2D eigenvalue weighted by Crippen LogP contribution is 2.26. The van der Waals surface area contributed by atoms with E-state index in [0.717, 1.165) is 16.7 Å². The summed E-state index contributed by atoms with van der Waals surface area (Å²) in [5, 5.41) is 24.3. The van der Waals surface area contributed by atoms with Crippen molar-refractivity contribution in [1.29, 1.82) is 0 Å². The number of carbonyl (C=O) groups excluding carboxylic acids is 1. The molecule has 1 aliphatic rings. The molecule has 0 aromatic heterocycles. The van der Waals surface area contributed by atoms with E-state index in [4.69, 9.17) is 23.7 Å². The molecule has 1 saturated heterocycles. The van der Waals surface area contributed by atoms with Gasteiger partial charge < -0.3 is 39.2 Å². The average molecular weight is 552 g/mol. The molecule has 3 aromatic rings. The minimum absolute atomic E-state index is 0.132. The SMILES string of the molecule is O=C(NCCCO[C@H]1O[C@H](COCc2ccccc2)[C@@H](OCc2ccccc2)[C@H](O)[C@@H]1O)OCc1ccccc1. The van der Waals surface area contributed by atoms with E-state index in [1.54, 1.807) is 0 Å². The van der Waals surface area contributed by atoms with E-state index in [0.29, 0.717) is 19.6 Å². The number of alkyl carbamates (subject to hydrolysis) is 1. The highest BCUT2D eigenvalue weighted by molar-refractivity contribution is 5.67. The normalized spacial score (nSPS) is 22.5. The maximum Gasteiger partial charge on any atom is 0.407 e. The van der Waals surface area contributed by atoms with Gasteiger partial charge in [0, 0.05) is 6.54 Å². The predicted octanol–water partition coefficient (Wildman–Crippen LogP) is 3.57. The standard InChI is InChI=1S/C31H37NO8/c33-27-28(34)30(37-18-10-17-32-31(35)39-21-25-15-8-3-9-16-25)40-26(22-36-19-23-11-4-1-5-12-23)29(27)38-20-24-13-6-2-7-14-24/h1-9,11-16,26-30,33-34H,10,17-22H2,(H,32,35)/t26-,27-,28+,29-,30+/m1/s1. The lowest BCUT2D eigenvalue weighted by Gasteiger charge is -2.42. The van der Waals surface area contributed by atoms with Gasteiger partial charge in [-0.05, 0) is 23.1 Å². The van der Waals surface area contributed by atoms with Crippen molar-refractivity contribution in [2.24, 2.45) is 0 Å². The predicted molar refractivity (Wildman–Crippen MR) is 147 cm³/mol. The molecular formula is C31H37NO8. The second-order valence-electron chi connectivity index (χ2n) is 9.50. The molecule has 3 N–H and O–H groups in total. The minimum atomic E-state index is -1.32. The van der Waals surface area contributed by atoms with Crippen molar-refractivity contribution in [1.82, 2.24) is 5.32 Å². The molecule has 0 unspecified atom stereocenters. The van der Waals surface area contributed by atoms with Crippen LogP contribution in [0.15, 0.2) is 91.0 Å². The summed E-state index contributed by atoms with van der Waals surface area (Å²) in [7, 11) is 0. The number of amides is 1. The summed E-state index contributed by atoms with van der Waals surface area (Å²) < 4.78 is 28.9. The van der Waals surface area contributed by atoms with E-state index < -0.39 is 36.8 Å². The van der Waals surface area contributed by atoms with Gasteiger partial charge in [0.25, 0.3) is 0 Å². The first-order valence-corrected chi connectivity index (χ1v) is 13.4. The molecule has 1 heterocycles. The Bertz CT molecular complexity index is 1120. The number of rotatable bonds is 14. The van der Waals surface area contributed by atoms with Crippen LogP contribution in [0.3, 0.4) is 0 Å². The van der Waals surface area contributed by atoms with Crippen molar-refractivity contribution in [3.63, 3.8) is 0 Å². The first-order chi connectivity index (χ1) is 19.6. The van der Waals surface area contributed by atoms with Crippen LogP contribution in [0, 0.1) is 0 Å². The van der Waals surface area contributed by atoms with Crippen LogP contribution in [-0.4, -0.2) is 66.8 Å². The van der Waals surface area contributed by atoms with Crippen LogP contribution in [-0.2, 0) is 43.5 Å². The third kappa shape index (κ3) is 9.41. The summed E-state index contributed by atoms with van der Waals surface area (Å²) in [5.74, 6) is 0. The Balaban J connectivity index is 1.24. The Morgan fingerprint density at radius 1 is 0.750 bits per heavy atom. The van der Waals surface area contributed by atoms with Gasteiger partial charge in [-0.15, -0.1) is 0 Å². The van der Waals surface area contributed by atoms with E-state index in [1.807, 2.05) is 91.0 Å². The Kier molecular flexibility index (Phi) is 11.9. The number of aliphatic hydroxyl groups is 2. The Hall–Kier alpha value is -3.31. The lowest BCUT2D eigenvalue weighted by Crippen LogP contribution is -2.60. The van der Waals surface area contributed by atoms with Crippen molar-refractivity contribution in [3.05, 3.63) is 108 Å². The molecule has 0 aliphatic carbocycles. The zero-order chi connectivity index (χ0) is 28.0. The summed E-state index contributed by atoms with van der Waals surface area (Å²) in [5.41, 5.74) is 2.83. The summed E-state index contributed by atoms with van der Waals surface area (Å²) in [6, 6.07) is 28.7. The maximum absolute atomic E-state index is 11.9. The van der Waals surface area contributed by atoms with Gasteiger partial charge in [0.2, 0.25) is 0 Å². The number of hydrogen-bond donors (Lipinski definition) is 3. The zero-order valence-electron chi connectivity index (χ0n) is 22.3. The molecule has 5 atom stereocenters. The second-order valence-corrected chi connectivity index (χ2v) is 9.50. The molecule has 9 nitrogen and oxygen atoms in total. The summed E-state index contributed by atoms with van der Waals surface area (Å²) in [6.45, 7) is 1.41. The third-order valence-electron chi connectivity index (χ3n) is 6.40. The molecule has 0 saturated carbocycles. The average Bonchev–Trinajstić information content (AvgIpc) is 2.99. The van der Waals surface area contributed by atoms with E-state index in [9.17, 15) is 15.0 Å². The van der Waals surface area contributed by atoms with Crippen LogP contribution < -0.4 is 5.32 Å². The fraction of sp³-hybridized carbons (Fsp3) is 0.387. The molecule has 3 aromatic carbocycles. The molecule has 1 amide bonds. The Morgan fingerprint density at radius 2 is 1.32 bits per heavy atom. The maximum atomic E-state index is 11.9. The van der Waals surface area contributed by atoms with Crippen molar-refractivity contribution < 1.29 is 38.7 Å². The molecule has 0 spiro atoms. The van der Waals surface area contributed by atoms with Gasteiger partial charge in [0.05, 0.1) is 26.4 Å². The molecule has 1 fully saturated rings. The van der Waals surface area contributed by atoms with Crippen LogP contribution in [0.4, 0.5) is 4.79 Å². The second kappa shape index (κ2) is 16.1. The minimum Gasteiger partial charge on any atom is -0.445 e. The molecule has 214 valence electrons. The molecular weight excluding hydrogens is 514 g/mol. The fourth-order valence-electron chi connectivity index (χ4n) is 4.25. The lowest BCUT2D eigenvalue weighted by molar-refractivity contribution is -0.311. The summed E-state index contributed by atoms with van der Waals surface area (Å²) in [4.78, 5) is 11.9. The number of aliphatic hydroxyl groups excluding tert-OH is 2. The van der Waals surface area contributed by atoms with Gasteiger partial charge >= 0.3 is 6.09 Å². The van der Waals surface area contributed by atoms with Gasteiger partial charge in [-0.1, -0.05) is 91.0 Å². The number of ether oxygens (including phenoxy) is 5. The van der Waals surface area contributed by atoms with Gasteiger partial charge in [-0.25, -0.2) is 4.79 Å². The molecule has 0 radical (unpaired) electrons. The van der Waals surface area contributed by atoms with Crippen LogP contribution in [0.1, 0.15) is 23.1 Å². The van der Waals surface area contributed by atoms with Gasteiger partial charge in [0.1, 0.15) is 31.0 Å². The van der Waals surface area contributed by atoms with Crippen LogP contribution >= 0.6 is 0 Å². The highest BCUT2D eigenvalue weighted by atomic mass is 16.7. The Morgan fingerprint density at radius 3 is 1.95 bits per heavy atom. The molecule has 1 aliphatic heterocycles. The Labute approximate surface area is 234 Å². The zero-order valence-corrected chi connectivity index (χ0v) is 22.3. The number of nitrogens with one attached hydrogen (secondary N) is 1. The quantitative estimate of drug-likeness (QED) is 0.261. The first-order valence-electron chi connectivity index (χ1n) is 13.4. The van der Waals surface area contributed by atoms with Crippen LogP contribution in [0.2, 0.25) is 0 Å². The topological polar surface area (TPSA) is 116 Å². The van der Waals surface area contributed by atoms with E-state index in [-0.39, 0.29) is 26.4 Å². The summed E-state index contributed by atoms with van der Waals surface area (Å²) in [6.07, 6.45) is -5.24. The van der Waals surface area contributed by atoms with E-state index in [1.165, 1.54) is 0 Å². The first kappa shape index (κ1) is 29.7. The van der Waals surface area contributed by atoms with Crippen molar-refractivity contribution in [3.8, 4) is 0 Å². The van der Waals surface area contributed by atoms with E-state index >= 15 is 0 Å². The largest absolute Gasteiger partial charge is 0.445 e. The van der Waals surface area contributed by atoms with Gasteiger partial charge in [-0.2, -0.15) is 0 Å². The molecule has 9 heteroatoms. The highest BCUT2D eigenvalue weighted by Gasteiger charge is 2.46. The number of benzene rings is 3. The third-order valence-corrected chi connectivity index (χ3v) is 6.40. The lowest BCUT2D eigenvalue weighted by atomic mass is 9.99. The van der Waals surface area contributed by atoms with Gasteiger partial charge in [0.15, 0.2) is 6.29 Å². The molecule has 4 rings (SSSR count). The molecule has 0 bridgehead atoms. The fourth-order valence-corrected chi connectivity index (χ4v) is 4.25. The van der Waals surface area contributed by atoms with Crippen molar-refractivity contribution >= 4 is 6.09 Å². The van der Waals surface area contributed by atoms with Crippen LogP contribution in [0.5, 0.6) is 0 Å².